The molecule has 0 radical (unpaired) electrons. The van der Waals surface area contributed by atoms with Crippen LogP contribution in [0.5, 0.6) is 0 Å². The van der Waals surface area contributed by atoms with E-state index in [-0.39, 0.29) is 9.92 Å². The molecule has 3 heterocycles. The van der Waals surface area contributed by atoms with Crippen molar-refractivity contribution in [3.63, 3.8) is 0 Å². The Hall–Kier alpha value is -2.74. The van der Waals surface area contributed by atoms with E-state index >= 15 is 0 Å². The fraction of sp³-hybridized carbons (Fsp3) is 0.0769. The van der Waals surface area contributed by atoms with Crippen LogP contribution in [0, 0.1) is 10.1 Å². The van der Waals surface area contributed by atoms with Crippen LogP contribution in [0.25, 0.3) is 5.82 Å². The summed E-state index contributed by atoms with van der Waals surface area (Å²) in [5, 5.41) is 20.0. The van der Waals surface area contributed by atoms with Crippen molar-refractivity contribution in [2.24, 2.45) is 0 Å². The lowest BCUT2D eigenvalue weighted by Gasteiger charge is -2.09. The van der Waals surface area contributed by atoms with Gasteiger partial charge in [0.25, 0.3) is 0 Å². The number of aromatic nitrogens is 3. The average molecular weight is 301 g/mol. The van der Waals surface area contributed by atoms with Gasteiger partial charge >= 0.3 is 5.00 Å². The number of nitrogens with one attached hydrogen (secondary N) is 1. The summed E-state index contributed by atoms with van der Waals surface area (Å²) >= 11 is 1.12. The quantitative estimate of drug-likeness (QED) is 0.578. The molecule has 0 saturated heterocycles. The molecule has 0 fully saturated rings. The monoisotopic (exact) mass is 301 g/mol. The summed E-state index contributed by atoms with van der Waals surface area (Å²) in [6.45, 7) is 0.490. The molecule has 0 atom stereocenters. The summed E-state index contributed by atoms with van der Waals surface area (Å²) in [5.74, 6) is 0.687. The minimum absolute atomic E-state index is 0.144. The Morgan fingerprint density at radius 3 is 3.00 bits per heavy atom. The molecule has 0 spiro atoms. The molecular formula is C13H11N5O2S. The predicted octanol–water partition coefficient (Wildman–Crippen LogP) is 2.85. The van der Waals surface area contributed by atoms with Gasteiger partial charge in [-0.2, -0.15) is 5.10 Å². The van der Waals surface area contributed by atoms with Crippen molar-refractivity contribution in [3.8, 4) is 5.82 Å². The van der Waals surface area contributed by atoms with Crippen LogP contribution in [0.4, 0.5) is 10.7 Å². The summed E-state index contributed by atoms with van der Waals surface area (Å²) in [6, 6.07) is 7.11. The van der Waals surface area contributed by atoms with Gasteiger partial charge in [0.15, 0.2) is 5.82 Å². The average Bonchev–Trinajstić information content (AvgIpc) is 3.17. The van der Waals surface area contributed by atoms with Crippen LogP contribution in [0.1, 0.15) is 5.56 Å². The molecule has 106 valence electrons. The molecule has 0 bridgehead atoms. The number of rotatable bonds is 5. The zero-order chi connectivity index (χ0) is 14.7. The van der Waals surface area contributed by atoms with Gasteiger partial charge in [-0.15, -0.1) is 0 Å². The second-order valence-electron chi connectivity index (χ2n) is 4.23. The largest absolute Gasteiger partial charge is 0.378 e. The molecule has 1 N–H and O–H groups in total. The van der Waals surface area contributed by atoms with Crippen molar-refractivity contribution >= 4 is 22.0 Å². The molecule has 0 amide bonds. The second-order valence-corrected chi connectivity index (χ2v) is 5.12. The summed E-state index contributed by atoms with van der Waals surface area (Å²) in [4.78, 5) is 14.6. The van der Waals surface area contributed by atoms with E-state index in [1.165, 1.54) is 0 Å². The summed E-state index contributed by atoms with van der Waals surface area (Å²) in [6.07, 6.45) is 5.18. The van der Waals surface area contributed by atoms with Crippen LogP contribution in [-0.2, 0) is 6.54 Å². The Bertz CT molecular complexity index is 754. The topological polar surface area (TPSA) is 85.9 Å². The lowest BCUT2D eigenvalue weighted by atomic mass is 10.3. The van der Waals surface area contributed by atoms with Crippen molar-refractivity contribution in [1.82, 2.24) is 14.8 Å². The van der Waals surface area contributed by atoms with E-state index in [4.69, 9.17) is 0 Å². The van der Waals surface area contributed by atoms with Gasteiger partial charge in [-0.25, -0.2) is 9.67 Å². The first kappa shape index (κ1) is 13.3. The molecule has 7 nitrogen and oxygen atoms in total. The third-order valence-electron chi connectivity index (χ3n) is 2.81. The van der Waals surface area contributed by atoms with Gasteiger partial charge in [0.2, 0.25) is 0 Å². The number of pyridine rings is 1. The highest BCUT2D eigenvalue weighted by atomic mass is 32.1. The van der Waals surface area contributed by atoms with E-state index in [1.807, 2.05) is 24.4 Å². The summed E-state index contributed by atoms with van der Waals surface area (Å²) < 4.78 is 1.67. The van der Waals surface area contributed by atoms with Crippen molar-refractivity contribution in [2.45, 2.75) is 6.54 Å². The van der Waals surface area contributed by atoms with E-state index in [2.05, 4.69) is 15.4 Å². The molecule has 0 unspecified atom stereocenters. The zero-order valence-corrected chi connectivity index (χ0v) is 11.7. The SMILES string of the molecule is O=[N+]([O-])c1cc(CNc2cccnc2-n2cccn2)cs1. The van der Waals surface area contributed by atoms with Crippen molar-refractivity contribution in [2.75, 3.05) is 5.32 Å². The van der Waals surface area contributed by atoms with Gasteiger partial charge in [0.05, 0.1) is 10.6 Å². The van der Waals surface area contributed by atoms with Gasteiger partial charge in [0.1, 0.15) is 0 Å². The maximum Gasteiger partial charge on any atom is 0.324 e. The molecule has 0 aromatic carbocycles. The Labute approximate surface area is 124 Å². The number of hydrogen-bond acceptors (Lipinski definition) is 6. The lowest BCUT2D eigenvalue weighted by molar-refractivity contribution is -0.380. The van der Waals surface area contributed by atoms with Crippen LogP contribution in [-0.4, -0.2) is 19.7 Å². The summed E-state index contributed by atoms with van der Waals surface area (Å²) in [7, 11) is 0. The van der Waals surface area contributed by atoms with Gasteiger partial charge in [-0.1, -0.05) is 11.3 Å². The Balaban J connectivity index is 1.77. The molecular weight excluding hydrogens is 290 g/mol. The first-order chi connectivity index (χ1) is 10.2. The molecule has 21 heavy (non-hydrogen) atoms. The van der Waals surface area contributed by atoms with Crippen molar-refractivity contribution < 1.29 is 4.92 Å². The number of thiophene rings is 1. The van der Waals surface area contributed by atoms with Crippen LogP contribution in [0.3, 0.4) is 0 Å². The normalized spacial score (nSPS) is 10.5. The number of anilines is 1. The molecule has 3 aromatic rings. The fourth-order valence-corrected chi connectivity index (χ4v) is 2.59. The van der Waals surface area contributed by atoms with E-state index in [9.17, 15) is 10.1 Å². The molecule has 8 heteroatoms. The van der Waals surface area contributed by atoms with Crippen LogP contribution in [0.2, 0.25) is 0 Å². The molecule has 0 saturated carbocycles. The molecule has 0 aliphatic carbocycles. The maximum atomic E-state index is 10.7. The minimum Gasteiger partial charge on any atom is -0.378 e. The van der Waals surface area contributed by atoms with E-state index in [0.717, 1.165) is 22.6 Å². The van der Waals surface area contributed by atoms with Crippen molar-refractivity contribution in [1.29, 1.82) is 0 Å². The molecule has 3 rings (SSSR count). The van der Waals surface area contributed by atoms with Crippen LogP contribution >= 0.6 is 11.3 Å². The number of hydrogen-bond donors (Lipinski definition) is 1. The van der Waals surface area contributed by atoms with E-state index in [1.54, 1.807) is 28.5 Å². The molecule has 0 aliphatic heterocycles. The number of nitro groups is 1. The van der Waals surface area contributed by atoms with Crippen LogP contribution < -0.4 is 5.32 Å². The van der Waals surface area contributed by atoms with Gasteiger partial charge in [-0.05, 0) is 23.8 Å². The Morgan fingerprint density at radius 2 is 2.29 bits per heavy atom. The highest BCUT2D eigenvalue weighted by molar-refractivity contribution is 7.13. The van der Waals surface area contributed by atoms with Gasteiger partial charge in [0, 0.05) is 36.6 Å². The fourth-order valence-electron chi connectivity index (χ4n) is 1.86. The highest BCUT2D eigenvalue weighted by Gasteiger charge is 2.10. The highest BCUT2D eigenvalue weighted by Crippen LogP contribution is 2.24. The standard InChI is InChI=1S/C13H11N5O2S/c19-18(20)12-7-10(9-21-12)8-15-11-3-1-4-14-13(11)17-6-2-5-16-17/h1-7,9,15H,8H2. The summed E-state index contributed by atoms with van der Waals surface area (Å²) in [5.41, 5.74) is 1.68. The van der Waals surface area contributed by atoms with E-state index < -0.39 is 0 Å². The lowest BCUT2D eigenvalue weighted by Crippen LogP contribution is -2.06. The first-order valence-corrected chi connectivity index (χ1v) is 7.03. The molecule has 0 aliphatic rings. The van der Waals surface area contributed by atoms with Gasteiger partial charge < -0.3 is 5.32 Å². The molecule has 3 aromatic heterocycles. The third-order valence-corrected chi connectivity index (χ3v) is 3.74. The first-order valence-electron chi connectivity index (χ1n) is 6.15. The van der Waals surface area contributed by atoms with Crippen molar-refractivity contribution in [3.05, 3.63) is 63.9 Å². The smallest absolute Gasteiger partial charge is 0.324 e. The zero-order valence-electron chi connectivity index (χ0n) is 10.8. The van der Waals surface area contributed by atoms with Crippen LogP contribution in [0.15, 0.2) is 48.2 Å². The second kappa shape index (κ2) is 5.71. The maximum absolute atomic E-state index is 10.7. The Kier molecular flexibility index (Phi) is 3.61. The van der Waals surface area contributed by atoms with Gasteiger partial charge in [-0.3, -0.25) is 10.1 Å². The number of nitrogens with zero attached hydrogens (tertiary/aromatic N) is 4. The predicted molar refractivity (Wildman–Crippen MR) is 79.7 cm³/mol. The third kappa shape index (κ3) is 2.90. The minimum atomic E-state index is -0.382. The van der Waals surface area contributed by atoms with E-state index in [0.29, 0.717) is 12.4 Å². The Morgan fingerprint density at radius 1 is 1.38 bits per heavy atom.